The number of nitro benzene ring substituents is 1. The van der Waals surface area contributed by atoms with E-state index in [4.69, 9.17) is 13.9 Å². The molecule has 0 saturated heterocycles. The summed E-state index contributed by atoms with van der Waals surface area (Å²) in [4.78, 5) is 23.3. The van der Waals surface area contributed by atoms with Crippen LogP contribution in [0.15, 0.2) is 16.8 Å². The molecule has 0 saturated carbocycles. The first kappa shape index (κ1) is 32.7. The normalized spacial score (nSPS) is 13.3. The number of hydrogen-bond acceptors (Lipinski definition) is 9. The Hall–Kier alpha value is -2.52. The number of amides is 1. The second-order valence-electron chi connectivity index (χ2n) is 13.4. The van der Waals surface area contributed by atoms with Crippen LogP contribution in [0.5, 0.6) is 0 Å². The van der Waals surface area contributed by atoms with E-state index in [0.717, 1.165) is 25.6 Å². The van der Waals surface area contributed by atoms with Gasteiger partial charge in [-0.3, -0.25) is 10.1 Å². The third-order valence-electron chi connectivity index (χ3n) is 6.36. The molecule has 39 heavy (non-hydrogen) atoms. The van der Waals surface area contributed by atoms with Gasteiger partial charge in [-0.25, -0.2) is 9.42 Å². The second-order valence-corrected chi connectivity index (χ2v) is 14.3. The van der Waals surface area contributed by atoms with E-state index >= 15 is 0 Å². The molecule has 0 aliphatic heterocycles. The molecule has 0 spiro atoms. The smallest absolute Gasteiger partial charge is 0.407 e. The summed E-state index contributed by atoms with van der Waals surface area (Å²) in [5.74, 6) is 0. The monoisotopic (exact) mass is 567 g/mol. The van der Waals surface area contributed by atoms with Crippen LogP contribution in [0.2, 0.25) is 0 Å². The number of fused-ring (bicyclic) bond motifs is 1. The van der Waals surface area contributed by atoms with Crippen LogP contribution < -0.4 is 10.6 Å². The molecule has 11 nitrogen and oxygen atoms in total. The predicted octanol–water partition coefficient (Wildman–Crippen LogP) is 6.78. The lowest BCUT2D eigenvalue weighted by Crippen LogP contribution is -2.39. The van der Waals surface area contributed by atoms with E-state index in [-0.39, 0.29) is 32.9 Å². The van der Waals surface area contributed by atoms with Crippen LogP contribution in [0.25, 0.3) is 11.0 Å². The van der Waals surface area contributed by atoms with Crippen molar-refractivity contribution in [2.24, 2.45) is 21.7 Å². The molecule has 0 radical (unpaired) electrons. The number of benzene rings is 1. The van der Waals surface area contributed by atoms with Crippen molar-refractivity contribution in [3.8, 4) is 0 Å². The second kappa shape index (κ2) is 13.2. The lowest BCUT2D eigenvalue weighted by atomic mass is 9.75. The molecule has 2 aromatic rings. The Bertz CT molecular complexity index is 1120. The van der Waals surface area contributed by atoms with Gasteiger partial charge in [0.05, 0.1) is 17.2 Å². The van der Waals surface area contributed by atoms with Crippen molar-refractivity contribution < 1.29 is 23.6 Å². The Kier molecular flexibility index (Phi) is 11.1. The standard InChI is InChI=1S/C27H46N5O6P/c1-10-37-39-18-27(8,9)14-26(6,7)17-36-23(33)29-16-25(4,5)13-24(2,3)15-28-19-11-12-20(32(34)35)22-21(19)30-38-31-22/h11-12,28,39H,10,13-18H2,1-9H3,(H,29,33). The number of aromatic nitrogens is 2. The summed E-state index contributed by atoms with van der Waals surface area (Å²) >= 11 is 0. The minimum atomic E-state index is -0.507. The van der Waals surface area contributed by atoms with Gasteiger partial charge in [0, 0.05) is 34.6 Å². The fourth-order valence-electron chi connectivity index (χ4n) is 5.28. The maximum atomic E-state index is 12.5. The van der Waals surface area contributed by atoms with Crippen molar-refractivity contribution >= 4 is 37.3 Å². The van der Waals surface area contributed by atoms with Crippen molar-refractivity contribution in [2.75, 3.05) is 37.8 Å². The van der Waals surface area contributed by atoms with Crippen molar-refractivity contribution in [1.29, 1.82) is 0 Å². The Morgan fingerprint density at radius 2 is 1.59 bits per heavy atom. The molecule has 1 heterocycles. The number of carbonyl (C=O) groups excluding carboxylic acids is 1. The average molecular weight is 568 g/mol. The molecule has 0 fully saturated rings. The summed E-state index contributed by atoms with van der Waals surface area (Å²) in [7, 11) is 0.483. The summed E-state index contributed by atoms with van der Waals surface area (Å²) in [5.41, 5.74) is 0.482. The Morgan fingerprint density at radius 1 is 0.974 bits per heavy atom. The van der Waals surface area contributed by atoms with Gasteiger partial charge in [0.2, 0.25) is 5.52 Å². The molecule has 1 aromatic heterocycles. The maximum Gasteiger partial charge on any atom is 0.407 e. The lowest BCUT2D eigenvalue weighted by molar-refractivity contribution is -0.383. The van der Waals surface area contributed by atoms with Crippen LogP contribution in [0.3, 0.4) is 0 Å². The maximum absolute atomic E-state index is 12.5. The van der Waals surface area contributed by atoms with E-state index in [9.17, 15) is 14.9 Å². The molecule has 1 aromatic carbocycles. The minimum absolute atomic E-state index is 0.100. The van der Waals surface area contributed by atoms with Crippen LogP contribution in [-0.2, 0) is 9.26 Å². The highest BCUT2D eigenvalue weighted by Gasteiger charge is 2.32. The van der Waals surface area contributed by atoms with Gasteiger partial charge in [-0.1, -0.05) is 55.4 Å². The van der Waals surface area contributed by atoms with E-state index in [1.807, 2.05) is 6.92 Å². The third kappa shape index (κ3) is 10.9. The van der Waals surface area contributed by atoms with E-state index in [1.165, 1.54) is 6.07 Å². The number of anilines is 1. The van der Waals surface area contributed by atoms with Gasteiger partial charge in [-0.05, 0) is 64.0 Å². The first-order valence-corrected chi connectivity index (χ1v) is 14.5. The number of rotatable bonds is 16. The van der Waals surface area contributed by atoms with E-state index < -0.39 is 11.0 Å². The van der Waals surface area contributed by atoms with Gasteiger partial charge < -0.3 is 19.9 Å². The number of non-ortho nitro benzene ring substituents is 1. The molecular weight excluding hydrogens is 521 g/mol. The molecular formula is C27H46N5O6P. The topological polar surface area (TPSA) is 142 Å². The summed E-state index contributed by atoms with van der Waals surface area (Å²) in [6.07, 6.45) is 2.29. The molecule has 1 unspecified atom stereocenters. The van der Waals surface area contributed by atoms with Crippen LogP contribution >= 0.6 is 8.81 Å². The van der Waals surface area contributed by atoms with Gasteiger partial charge in [0.1, 0.15) is 0 Å². The van der Waals surface area contributed by atoms with Crippen LogP contribution in [0.4, 0.5) is 16.2 Å². The quantitative estimate of drug-likeness (QED) is 0.0970. The van der Waals surface area contributed by atoms with E-state index in [1.54, 1.807) is 6.07 Å². The highest BCUT2D eigenvalue weighted by molar-refractivity contribution is 7.32. The first-order chi connectivity index (χ1) is 18.0. The molecule has 0 aliphatic carbocycles. The summed E-state index contributed by atoms with van der Waals surface area (Å²) in [6.45, 7) is 21.3. The molecule has 12 heteroatoms. The minimum Gasteiger partial charge on any atom is -0.449 e. The van der Waals surface area contributed by atoms with Crippen LogP contribution in [-0.4, -0.2) is 53.8 Å². The SMILES string of the molecule is CCOPCC(C)(C)CC(C)(C)COC(=O)NCC(C)(C)CC(C)(C)CNc1ccc([N+](=O)[O-])c2nonc12. The van der Waals surface area contributed by atoms with Crippen LogP contribution in [0, 0.1) is 31.8 Å². The fourth-order valence-corrected chi connectivity index (χ4v) is 6.10. The molecule has 2 N–H and O–H groups in total. The first-order valence-electron chi connectivity index (χ1n) is 13.3. The molecule has 1 amide bonds. The lowest BCUT2D eigenvalue weighted by Gasteiger charge is -2.36. The number of ether oxygens (including phenoxy) is 1. The van der Waals surface area contributed by atoms with Crippen LogP contribution in [0.1, 0.15) is 75.2 Å². The molecule has 0 aliphatic rings. The average Bonchev–Trinajstić information content (AvgIpc) is 3.29. The number of nitro groups is 1. The largest absolute Gasteiger partial charge is 0.449 e. The van der Waals surface area contributed by atoms with Gasteiger partial charge in [-0.15, -0.1) is 0 Å². The van der Waals surface area contributed by atoms with Gasteiger partial charge in [0.25, 0.3) is 0 Å². The number of hydrogen-bond donors (Lipinski definition) is 2. The van der Waals surface area contributed by atoms with Crippen molar-refractivity contribution in [3.63, 3.8) is 0 Å². The third-order valence-corrected chi connectivity index (χ3v) is 7.96. The molecule has 0 bridgehead atoms. The Balaban J connectivity index is 1.84. The Labute approximate surface area is 233 Å². The van der Waals surface area contributed by atoms with Gasteiger partial charge in [0.15, 0.2) is 5.52 Å². The summed E-state index contributed by atoms with van der Waals surface area (Å²) in [5, 5.41) is 25.0. The highest BCUT2D eigenvalue weighted by atomic mass is 31.1. The van der Waals surface area contributed by atoms with Crippen molar-refractivity contribution in [1.82, 2.24) is 15.6 Å². The number of nitrogens with zero attached hydrogens (tertiary/aromatic N) is 3. The van der Waals surface area contributed by atoms with Crippen molar-refractivity contribution in [3.05, 3.63) is 22.2 Å². The number of carbonyl (C=O) groups is 1. The van der Waals surface area contributed by atoms with E-state index in [2.05, 4.69) is 76.3 Å². The predicted molar refractivity (Wildman–Crippen MR) is 155 cm³/mol. The summed E-state index contributed by atoms with van der Waals surface area (Å²) in [6, 6.07) is 3.01. The Morgan fingerprint density at radius 3 is 2.23 bits per heavy atom. The summed E-state index contributed by atoms with van der Waals surface area (Å²) < 4.78 is 15.9. The zero-order chi connectivity index (χ0) is 29.5. The zero-order valence-electron chi connectivity index (χ0n) is 24.9. The molecule has 1 atom stereocenters. The van der Waals surface area contributed by atoms with Gasteiger partial charge in [-0.2, -0.15) is 0 Å². The van der Waals surface area contributed by atoms with Gasteiger partial charge >= 0.3 is 11.8 Å². The van der Waals surface area contributed by atoms with E-state index in [0.29, 0.717) is 39.7 Å². The number of nitrogens with one attached hydrogen (secondary N) is 2. The fraction of sp³-hybridized carbons (Fsp3) is 0.741. The number of alkyl carbamates (subject to hydrolysis) is 1. The highest BCUT2D eigenvalue weighted by Crippen LogP contribution is 2.38. The molecule has 2 rings (SSSR count). The zero-order valence-corrected chi connectivity index (χ0v) is 25.9. The molecule has 220 valence electrons. The van der Waals surface area contributed by atoms with Crippen molar-refractivity contribution in [2.45, 2.75) is 75.2 Å².